The molecule has 0 atom stereocenters. The monoisotopic (exact) mass is 383 g/mol. The summed E-state index contributed by atoms with van der Waals surface area (Å²) in [4.78, 5) is 13.4. The van der Waals surface area contributed by atoms with Gasteiger partial charge in [-0.05, 0) is 18.2 Å². The predicted molar refractivity (Wildman–Crippen MR) is 91.5 cm³/mol. The van der Waals surface area contributed by atoms with Crippen molar-refractivity contribution in [2.24, 2.45) is 0 Å². The van der Waals surface area contributed by atoms with Crippen molar-refractivity contribution in [2.75, 3.05) is 14.2 Å². The molecule has 1 amide bonds. The third-order valence-electron chi connectivity index (χ3n) is 3.64. The van der Waals surface area contributed by atoms with E-state index in [-0.39, 0.29) is 29.2 Å². The SMILES string of the molecule is COc1cccc(/C=C/C(=O)N(C)Cc2ccc(F)cc2F)c1OC(F)F. The molecule has 0 aliphatic heterocycles. The zero-order chi connectivity index (χ0) is 20.0. The zero-order valence-corrected chi connectivity index (χ0v) is 14.6. The molecule has 0 saturated carbocycles. The van der Waals surface area contributed by atoms with E-state index < -0.39 is 24.2 Å². The molecule has 2 rings (SSSR count). The molecule has 0 saturated heterocycles. The first-order valence-electron chi connectivity index (χ1n) is 7.80. The van der Waals surface area contributed by atoms with Gasteiger partial charge >= 0.3 is 6.61 Å². The quantitative estimate of drug-likeness (QED) is 0.530. The van der Waals surface area contributed by atoms with E-state index in [2.05, 4.69) is 4.74 Å². The summed E-state index contributed by atoms with van der Waals surface area (Å²) in [6, 6.07) is 7.54. The Hall–Kier alpha value is -3.03. The molecular weight excluding hydrogens is 366 g/mol. The van der Waals surface area contributed by atoms with Crippen LogP contribution in [0.5, 0.6) is 11.5 Å². The Labute approximate surface area is 153 Å². The number of carbonyl (C=O) groups excluding carboxylic acids is 1. The minimum atomic E-state index is -3.06. The standard InChI is InChI=1S/C19H17F4NO3/c1-24(11-13-6-8-14(20)10-15(13)21)17(25)9-7-12-4-3-5-16(26-2)18(12)27-19(22)23/h3-10,19H,11H2,1-2H3/b9-7+. The second kappa shape index (κ2) is 9.07. The maximum absolute atomic E-state index is 13.7. The second-order valence-electron chi connectivity index (χ2n) is 5.52. The molecule has 0 spiro atoms. The molecule has 2 aromatic carbocycles. The van der Waals surface area contributed by atoms with Gasteiger partial charge in [-0.1, -0.05) is 18.2 Å². The average molecular weight is 383 g/mol. The molecule has 0 radical (unpaired) electrons. The molecule has 0 bridgehead atoms. The number of carbonyl (C=O) groups is 1. The third kappa shape index (κ3) is 5.47. The van der Waals surface area contributed by atoms with Crippen LogP contribution >= 0.6 is 0 Å². The lowest BCUT2D eigenvalue weighted by Crippen LogP contribution is -2.24. The summed E-state index contributed by atoms with van der Waals surface area (Å²) in [6.45, 7) is -3.15. The molecule has 0 N–H and O–H groups in total. The highest BCUT2D eigenvalue weighted by Gasteiger charge is 2.15. The van der Waals surface area contributed by atoms with Crippen LogP contribution in [0.2, 0.25) is 0 Å². The van der Waals surface area contributed by atoms with Gasteiger partial charge in [0.15, 0.2) is 11.5 Å². The van der Waals surface area contributed by atoms with Gasteiger partial charge in [0, 0.05) is 36.9 Å². The molecule has 8 heteroatoms. The van der Waals surface area contributed by atoms with Crippen molar-refractivity contribution < 1.29 is 31.8 Å². The van der Waals surface area contributed by atoms with Crippen molar-refractivity contribution in [3.8, 4) is 11.5 Å². The predicted octanol–water partition coefficient (Wildman–Crippen LogP) is 4.25. The Morgan fingerprint density at radius 1 is 1.22 bits per heavy atom. The number of halogens is 4. The van der Waals surface area contributed by atoms with Gasteiger partial charge < -0.3 is 14.4 Å². The Kier molecular flexibility index (Phi) is 6.81. The topological polar surface area (TPSA) is 38.8 Å². The van der Waals surface area contributed by atoms with E-state index in [4.69, 9.17) is 4.74 Å². The Bertz CT molecular complexity index is 840. The van der Waals surface area contributed by atoms with Crippen molar-refractivity contribution in [1.29, 1.82) is 0 Å². The van der Waals surface area contributed by atoms with Crippen molar-refractivity contribution >= 4 is 12.0 Å². The number of ether oxygens (including phenoxy) is 2. The van der Waals surface area contributed by atoms with E-state index in [1.54, 1.807) is 6.07 Å². The first kappa shape index (κ1) is 20.3. The van der Waals surface area contributed by atoms with Gasteiger partial charge in [0.1, 0.15) is 11.6 Å². The van der Waals surface area contributed by atoms with Crippen LogP contribution < -0.4 is 9.47 Å². The number of nitrogens with zero attached hydrogens (tertiary/aromatic N) is 1. The van der Waals surface area contributed by atoms with Crippen molar-refractivity contribution in [1.82, 2.24) is 4.90 Å². The summed E-state index contributed by atoms with van der Waals surface area (Å²) in [6.07, 6.45) is 2.43. The number of hydrogen-bond donors (Lipinski definition) is 0. The van der Waals surface area contributed by atoms with Gasteiger partial charge in [-0.25, -0.2) is 8.78 Å². The van der Waals surface area contributed by atoms with E-state index in [1.165, 1.54) is 43.3 Å². The van der Waals surface area contributed by atoms with E-state index in [9.17, 15) is 22.4 Å². The van der Waals surface area contributed by atoms with Crippen molar-refractivity contribution in [3.63, 3.8) is 0 Å². The summed E-state index contributed by atoms with van der Waals surface area (Å²) in [5.74, 6) is -2.10. The van der Waals surface area contributed by atoms with Crippen molar-refractivity contribution in [2.45, 2.75) is 13.2 Å². The number of alkyl halides is 2. The third-order valence-corrected chi connectivity index (χ3v) is 3.64. The molecule has 0 aliphatic carbocycles. The van der Waals surface area contributed by atoms with Crippen LogP contribution in [0.25, 0.3) is 6.08 Å². The lowest BCUT2D eigenvalue weighted by Gasteiger charge is -2.16. The number of likely N-dealkylation sites (N-methyl/N-ethyl adjacent to an activating group) is 1. The fraction of sp³-hybridized carbons (Fsp3) is 0.211. The normalized spacial score (nSPS) is 11.1. The first-order valence-corrected chi connectivity index (χ1v) is 7.80. The van der Waals surface area contributed by atoms with Gasteiger partial charge in [-0.3, -0.25) is 4.79 Å². The van der Waals surface area contributed by atoms with Gasteiger partial charge in [0.25, 0.3) is 0 Å². The molecule has 0 unspecified atom stereocenters. The summed E-state index contributed by atoms with van der Waals surface area (Å²) >= 11 is 0. The maximum Gasteiger partial charge on any atom is 0.387 e. The fourth-order valence-electron chi connectivity index (χ4n) is 2.31. The molecular formula is C19H17F4NO3. The number of benzene rings is 2. The van der Waals surface area contributed by atoms with E-state index in [0.717, 1.165) is 18.2 Å². The van der Waals surface area contributed by atoms with Crippen molar-refractivity contribution in [3.05, 3.63) is 65.2 Å². The van der Waals surface area contributed by atoms with E-state index in [1.807, 2.05) is 0 Å². The van der Waals surface area contributed by atoms with E-state index >= 15 is 0 Å². The van der Waals surface area contributed by atoms with Gasteiger partial charge in [-0.2, -0.15) is 8.78 Å². The number of amides is 1. The molecule has 0 aromatic heterocycles. The van der Waals surface area contributed by atoms with Crippen LogP contribution in [0.3, 0.4) is 0 Å². The van der Waals surface area contributed by atoms with Crippen LogP contribution in [0.1, 0.15) is 11.1 Å². The Morgan fingerprint density at radius 2 is 1.96 bits per heavy atom. The van der Waals surface area contributed by atoms with Gasteiger partial charge in [0.2, 0.25) is 5.91 Å². The molecule has 144 valence electrons. The molecule has 0 aliphatic rings. The smallest absolute Gasteiger partial charge is 0.387 e. The Balaban J connectivity index is 2.16. The average Bonchev–Trinajstić information content (AvgIpc) is 2.62. The molecule has 4 nitrogen and oxygen atoms in total. The number of methoxy groups -OCH3 is 1. The second-order valence-corrected chi connectivity index (χ2v) is 5.52. The summed E-state index contributed by atoms with van der Waals surface area (Å²) in [7, 11) is 2.73. The molecule has 2 aromatic rings. The highest BCUT2D eigenvalue weighted by atomic mass is 19.3. The van der Waals surface area contributed by atoms with Crippen LogP contribution in [0.15, 0.2) is 42.5 Å². The highest BCUT2D eigenvalue weighted by Crippen LogP contribution is 2.33. The number of hydrogen-bond acceptors (Lipinski definition) is 3. The maximum atomic E-state index is 13.7. The summed E-state index contributed by atoms with van der Waals surface area (Å²) in [5.41, 5.74) is 0.355. The summed E-state index contributed by atoms with van der Waals surface area (Å²) in [5, 5.41) is 0. The lowest BCUT2D eigenvalue weighted by molar-refractivity contribution is -0.125. The number of rotatable bonds is 7. The van der Waals surface area contributed by atoms with Crippen LogP contribution in [0, 0.1) is 11.6 Å². The lowest BCUT2D eigenvalue weighted by atomic mass is 10.1. The highest BCUT2D eigenvalue weighted by molar-refractivity contribution is 5.92. The minimum Gasteiger partial charge on any atom is -0.493 e. The van der Waals surface area contributed by atoms with E-state index in [0.29, 0.717) is 0 Å². The van der Waals surface area contributed by atoms with Crippen LogP contribution in [0.4, 0.5) is 17.6 Å². The molecule has 0 heterocycles. The Morgan fingerprint density at radius 3 is 2.59 bits per heavy atom. The first-order chi connectivity index (χ1) is 12.8. The summed E-state index contributed by atoms with van der Waals surface area (Å²) < 4.78 is 61.3. The van der Waals surface area contributed by atoms with Crippen LogP contribution in [-0.4, -0.2) is 31.6 Å². The minimum absolute atomic E-state index is 0.0895. The molecule has 0 fully saturated rings. The van der Waals surface area contributed by atoms with Gasteiger partial charge in [-0.15, -0.1) is 0 Å². The number of para-hydroxylation sites is 1. The van der Waals surface area contributed by atoms with Crippen LogP contribution in [-0.2, 0) is 11.3 Å². The molecule has 27 heavy (non-hydrogen) atoms. The zero-order valence-electron chi connectivity index (χ0n) is 14.6. The largest absolute Gasteiger partial charge is 0.493 e. The fourth-order valence-corrected chi connectivity index (χ4v) is 2.31. The van der Waals surface area contributed by atoms with Gasteiger partial charge in [0.05, 0.1) is 7.11 Å².